The summed E-state index contributed by atoms with van der Waals surface area (Å²) < 4.78 is 10.5. The predicted molar refractivity (Wildman–Crippen MR) is 168 cm³/mol. The maximum absolute atomic E-state index is 6.35. The van der Waals surface area contributed by atoms with E-state index < -0.39 is 0 Å². The molecule has 8 heteroatoms. The summed E-state index contributed by atoms with van der Waals surface area (Å²) in [6.45, 7) is 2.06. The first-order chi connectivity index (χ1) is 21.3. The minimum atomic E-state index is 0. The van der Waals surface area contributed by atoms with Crippen LogP contribution in [0.15, 0.2) is 122 Å². The Bertz CT molecular complexity index is 2330. The smallest absolute Gasteiger partial charge is 0.135 e. The van der Waals surface area contributed by atoms with E-state index in [1.54, 1.807) is 12.4 Å². The van der Waals surface area contributed by atoms with E-state index >= 15 is 0 Å². The molecule has 214 valence electrons. The zero-order chi connectivity index (χ0) is 28.3. The number of hydrogen-bond acceptors (Lipinski definition) is 5. The van der Waals surface area contributed by atoms with Crippen molar-refractivity contribution in [2.24, 2.45) is 0 Å². The molecule has 7 nitrogen and oxygen atoms in total. The van der Waals surface area contributed by atoms with Crippen molar-refractivity contribution in [1.82, 2.24) is 24.1 Å². The van der Waals surface area contributed by atoms with Gasteiger partial charge in [-0.3, -0.25) is 0 Å². The molecule has 4 aromatic heterocycles. The second-order valence-electron chi connectivity index (χ2n) is 10.3. The van der Waals surface area contributed by atoms with Crippen LogP contribution >= 0.6 is 0 Å². The number of hydrogen-bond donors (Lipinski definition) is 0. The fraction of sp³-hybridized carbons (Fsp3) is 0. The van der Waals surface area contributed by atoms with Crippen LogP contribution in [-0.2, 0) is 21.1 Å². The number of imidazole rings is 1. The number of fused-ring (bicyclic) bond motifs is 8. The van der Waals surface area contributed by atoms with Crippen molar-refractivity contribution in [3.05, 3.63) is 140 Å². The zero-order valence-corrected chi connectivity index (χ0v) is 25.3. The van der Waals surface area contributed by atoms with Gasteiger partial charge in [-0.25, -0.2) is 4.98 Å². The summed E-state index contributed by atoms with van der Waals surface area (Å²) in [5.74, 6) is 2.76. The van der Waals surface area contributed by atoms with Crippen LogP contribution in [0.1, 0.15) is 0 Å². The number of anilines is 2. The fourth-order valence-corrected chi connectivity index (χ4v) is 5.87. The number of nitrogens with zero attached hydrogens (tertiary/aromatic N) is 6. The molecule has 9 rings (SSSR count). The molecule has 0 spiro atoms. The molecular weight excluding hydrogens is 728 g/mol. The van der Waals surface area contributed by atoms with Gasteiger partial charge in [0.15, 0.2) is 0 Å². The molecule has 0 aliphatic carbocycles. The molecule has 0 bridgehead atoms. The number of benzene rings is 4. The third kappa shape index (κ3) is 4.08. The van der Waals surface area contributed by atoms with Gasteiger partial charge < -0.3 is 28.7 Å². The number of pyridine rings is 2. The molecule has 0 saturated heterocycles. The molecule has 0 N–H and O–H groups in total. The molecule has 1 aliphatic heterocycles. The Morgan fingerprint density at radius 3 is 2.43 bits per heavy atom. The summed E-state index contributed by atoms with van der Waals surface area (Å²) >= 11 is 0. The van der Waals surface area contributed by atoms with Crippen LogP contribution in [0, 0.1) is 18.8 Å². The van der Waals surface area contributed by atoms with E-state index in [-0.39, 0.29) is 21.1 Å². The number of para-hydroxylation sites is 4. The molecule has 0 radical (unpaired) electrons. The van der Waals surface area contributed by atoms with Gasteiger partial charge in [0.25, 0.3) is 0 Å². The Labute approximate surface area is 267 Å². The van der Waals surface area contributed by atoms with Crippen molar-refractivity contribution in [3.63, 3.8) is 0 Å². The van der Waals surface area contributed by atoms with Crippen LogP contribution in [0.2, 0.25) is 0 Å². The average molecular weight is 749 g/mol. The fourth-order valence-electron chi connectivity index (χ4n) is 5.87. The summed E-state index contributed by atoms with van der Waals surface area (Å²) in [5.41, 5.74) is 7.55. The van der Waals surface area contributed by atoms with Crippen LogP contribution in [0.5, 0.6) is 11.5 Å². The van der Waals surface area contributed by atoms with Crippen LogP contribution in [-0.4, -0.2) is 24.1 Å². The van der Waals surface area contributed by atoms with Crippen molar-refractivity contribution in [3.8, 4) is 28.7 Å². The molecule has 4 aromatic carbocycles. The minimum absolute atomic E-state index is 0. The molecular formula is C36H21N6OPt-3. The third-order valence-electron chi connectivity index (χ3n) is 7.74. The Morgan fingerprint density at radius 1 is 0.705 bits per heavy atom. The summed E-state index contributed by atoms with van der Waals surface area (Å²) in [6, 6.07) is 43.3. The van der Waals surface area contributed by atoms with Crippen LogP contribution in [0.4, 0.5) is 11.4 Å². The van der Waals surface area contributed by atoms with Crippen molar-refractivity contribution in [2.75, 3.05) is 4.90 Å². The van der Waals surface area contributed by atoms with E-state index in [0.29, 0.717) is 11.5 Å². The van der Waals surface area contributed by atoms with Gasteiger partial charge in [0.2, 0.25) is 0 Å². The first kappa shape index (κ1) is 26.3. The molecule has 44 heavy (non-hydrogen) atoms. The second kappa shape index (κ2) is 10.4. The summed E-state index contributed by atoms with van der Waals surface area (Å²) in [6.07, 6.45) is 3.50. The van der Waals surface area contributed by atoms with E-state index in [9.17, 15) is 0 Å². The molecule has 1 aliphatic rings. The number of rotatable bonds is 4. The van der Waals surface area contributed by atoms with Gasteiger partial charge in [0, 0.05) is 61.3 Å². The normalized spacial score (nSPS) is 12.0. The molecule has 5 heterocycles. The van der Waals surface area contributed by atoms with Crippen molar-refractivity contribution in [2.45, 2.75) is 0 Å². The Kier molecular flexibility index (Phi) is 6.21. The Balaban J connectivity index is 0.00000289. The Hall–Kier alpha value is -5.39. The quantitative estimate of drug-likeness (QED) is 0.170. The van der Waals surface area contributed by atoms with E-state index in [1.807, 2.05) is 78.9 Å². The second-order valence-corrected chi connectivity index (χ2v) is 10.3. The molecule has 8 aromatic rings. The molecule has 0 unspecified atom stereocenters. The largest absolute Gasteiger partial charge is 0.508 e. The standard InChI is InChI=1S/C36H21N6O.Pt/c1-5-16-31-27(12-1)35-33(42(31)34-18-7-8-19-37-34)21-26(22-38-35)43-25-11-9-10-24(20-25)40-23-41-32-17-6-3-14-29(32)39-36(41)28-13-2-4-15-30(28)40;/h1-19,22-23H;/q-3;. The first-order valence-electron chi connectivity index (χ1n) is 14.0. The van der Waals surface area contributed by atoms with Gasteiger partial charge in [0.1, 0.15) is 5.82 Å². The monoisotopic (exact) mass is 748 g/mol. The maximum atomic E-state index is 6.35. The average Bonchev–Trinajstić information content (AvgIpc) is 3.60. The summed E-state index contributed by atoms with van der Waals surface area (Å²) in [4.78, 5) is 16.4. The minimum Gasteiger partial charge on any atom is -0.508 e. The van der Waals surface area contributed by atoms with E-state index in [4.69, 9.17) is 14.7 Å². The van der Waals surface area contributed by atoms with Gasteiger partial charge >= 0.3 is 0 Å². The van der Waals surface area contributed by atoms with Gasteiger partial charge in [-0.05, 0) is 70.7 Å². The number of aromatic nitrogens is 5. The third-order valence-corrected chi connectivity index (χ3v) is 7.74. The van der Waals surface area contributed by atoms with Gasteiger partial charge in [-0.2, -0.15) is 6.07 Å². The topological polar surface area (TPSA) is 61.0 Å². The number of ether oxygens (including phenoxy) is 1. The molecule has 0 saturated carbocycles. The van der Waals surface area contributed by atoms with Crippen LogP contribution < -0.4 is 9.64 Å². The van der Waals surface area contributed by atoms with Gasteiger partial charge in [-0.1, -0.05) is 66.4 Å². The van der Waals surface area contributed by atoms with Crippen LogP contribution in [0.3, 0.4) is 0 Å². The van der Waals surface area contributed by atoms with E-state index in [2.05, 4.69) is 68.2 Å². The molecule has 0 amide bonds. The van der Waals surface area contributed by atoms with Crippen molar-refractivity contribution < 1.29 is 25.8 Å². The Morgan fingerprint density at radius 2 is 1.52 bits per heavy atom. The predicted octanol–water partition coefficient (Wildman–Crippen LogP) is 8.10. The van der Waals surface area contributed by atoms with Gasteiger partial charge in [-0.15, -0.1) is 24.3 Å². The summed E-state index contributed by atoms with van der Waals surface area (Å²) in [7, 11) is 0. The van der Waals surface area contributed by atoms with Crippen LogP contribution in [0.25, 0.3) is 50.2 Å². The molecule has 0 fully saturated rings. The molecule has 0 atom stereocenters. The van der Waals surface area contributed by atoms with Gasteiger partial charge in [0.05, 0.1) is 0 Å². The SMILES string of the molecule is [Pt].[c-]1c(Oc2[c-]c3c(nc2)c2ccccc2n3-c2ccccn2)cccc1N1[CH-]n2c(nc3ccccc32)-c2ccccc21. The van der Waals surface area contributed by atoms with Crippen molar-refractivity contribution in [1.29, 1.82) is 0 Å². The van der Waals surface area contributed by atoms with Crippen molar-refractivity contribution >= 4 is 44.3 Å². The summed E-state index contributed by atoms with van der Waals surface area (Å²) in [5, 5.41) is 1.03. The zero-order valence-electron chi connectivity index (χ0n) is 23.0. The van der Waals surface area contributed by atoms with E-state index in [0.717, 1.165) is 61.6 Å². The van der Waals surface area contributed by atoms with E-state index in [1.165, 1.54) is 0 Å². The maximum Gasteiger partial charge on any atom is 0.135 e. The first-order valence-corrected chi connectivity index (χ1v) is 14.0.